The maximum absolute atomic E-state index is 13.5. The number of nitrogens with one attached hydrogen (secondary N) is 1. The van der Waals surface area contributed by atoms with E-state index in [1.807, 2.05) is 19.0 Å². The van der Waals surface area contributed by atoms with Gasteiger partial charge >= 0.3 is 0 Å². The topological polar surface area (TPSA) is 52.6 Å². The van der Waals surface area contributed by atoms with Gasteiger partial charge in [-0.05, 0) is 39.2 Å². The van der Waals surface area contributed by atoms with E-state index in [1.54, 1.807) is 13.0 Å². The molecule has 0 aliphatic carbocycles. The third-order valence-electron chi connectivity index (χ3n) is 2.70. The lowest BCUT2D eigenvalue weighted by molar-refractivity contribution is -0.117. The molecule has 1 atom stereocenters. The van der Waals surface area contributed by atoms with Gasteiger partial charge in [0.2, 0.25) is 5.91 Å². The van der Waals surface area contributed by atoms with Gasteiger partial charge in [-0.2, -0.15) is 0 Å². The van der Waals surface area contributed by atoms with Crippen molar-refractivity contribution in [2.24, 2.45) is 0 Å². The Balaban J connectivity index is 2.60. The van der Waals surface area contributed by atoms with Crippen LogP contribution >= 0.6 is 11.6 Å². The van der Waals surface area contributed by atoms with Crippen molar-refractivity contribution in [3.8, 4) is 0 Å². The molecule has 0 fully saturated rings. The molecule has 0 saturated carbocycles. The summed E-state index contributed by atoms with van der Waals surface area (Å²) in [4.78, 5) is 13.5. The molecule has 0 aliphatic rings. The molecule has 4 nitrogen and oxygen atoms in total. The molecular weight excluding hydrogens is 295 g/mol. The number of nitrogens with zero attached hydrogens (tertiary/aromatic N) is 1. The summed E-state index contributed by atoms with van der Waals surface area (Å²) in [6, 6.07) is 4.31. The highest BCUT2D eigenvalue weighted by Crippen LogP contribution is 2.20. The number of amides is 1. The Bertz CT molecular complexity index is 510. The van der Waals surface area contributed by atoms with Crippen LogP contribution in [0.25, 0.3) is 6.08 Å². The molecule has 0 aliphatic heterocycles. The first-order valence-electron chi connectivity index (χ1n) is 6.48. The molecular formula is C15H20ClFN2O2. The smallest absolute Gasteiger partial charge is 0.244 e. The van der Waals surface area contributed by atoms with Crippen LogP contribution in [0.4, 0.5) is 4.39 Å². The van der Waals surface area contributed by atoms with Crippen molar-refractivity contribution in [2.45, 2.75) is 12.5 Å². The molecule has 1 amide bonds. The molecule has 0 spiro atoms. The van der Waals surface area contributed by atoms with E-state index in [0.717, 1.165) is 0 Å². The number of hydrogen-bond donors (Lipinski definition) is 2. The van der Waals surface area contributed by atoms with Crippen LogP contribution in [-0.2, 0) is 4.79 Å². The van der Waals surface area contributed by atoms with E-state index in [4.69, 9.17) is 11.6 Å². The van der Waals surface area contributed by atoms with Gasteiger partial charge in [0, 0.05) is 24.7 Å². The van der Waals surface area contributed by atoms with Gasteiger partial charge in [0.05, 0.1) is 10.6 Å². The van der Waals surface area contributed by atoms with Gasteiger partial charge < -0.3 is 15.3 Å². The van der Waals surface area contributed by atoms with E-state index in [9.17, 15) is 14.3 Å². The Kier molecular flexibility index (Phi) is 6.33. The van der Waals surface area contributed by atoms with Crippen LogP contribution in [0.2, 0.25) is 5.02 Å². The number of hydrogen-bond acceptors (Lipinski definition) is 3. The molecule has 0 saturated heterocycles. The fourth-order valence-corrected chi connectivity index (χ4v) is 2.13. The predicted octanol–water partition coefficient (Wildman–Crippen LogP) is 1.92. The Morgan fingerprint density at radius 3 is 2.76 bits per heavy atom. The van der Waals surface area contributed by atoms with Gasteiger partial charge in [-0.25, -0.2) is 4.39 Å². The van der Waals surface area contributed by atoms with Gasteiger partial charge in [0.1, 0.15) is 5.82 Å². The largest absolute Gasteiger partial charge is 0.387 e. The number of carbonyl (C=O) groups is 1. The van der Waals surface area contributed by atoms with Crippen molar-refractivity contribution < 1.29 is 14.3 Å². The highest BCUT2D eigenvalue weighted by molar-refractivity contribution is 6.32. The fourth-order valence-electron chi connectivity index (χ4n) is 1.90. The van der Waals surface area contributed by atoms with E-state index < -0.39 is 17.3 Å². The minimum atomic E-state index is -1.04. The normalized spacial score (nSPS) is 14.4. The third kappa shape index (κ3) is 6.25. The average Bonchev–Trinajstić information content (AvgIpc) is 2.34. The Hall–Kier alpha value is -1.43. The molecule has 0 heterocycles. The van der Waals surface area contributed by atoms with Crippen LogP contribution < -0.4 is 5.32 Å². The van der Waals surface area contributed by atoms with Crippen molar-refractivity contribution in [1.82, 2.24) is 10.2 Å². The summed E-state index contributed by atoms with van der Waals surface area (Å²) in [6.45, 7) is 2.14. The standard InChI is InChI=1S/C15H20ClFN2O2/c1-15(21,10-19(2)3)9-18-14(20)8-7-11-12(16)5-4-6-13(11)17/h4-8,21H,9-10H2,1-3H3,(H,18,20)/b8-7+. The van der Waals surface area contributed by atoms with E-state index >= 15 is 0 Å². The van der Waals surface area contributed by atoms with Gasteiger partial charge in [-0.3, -0.25) is 4.79 Å². The molecule has 0 bridgehead atoms. The quantitative estimate of drug-likeness (QED) is 0.789. The summed E-state index contributed by atoms with van der Waals surface area (Å²) in [5, 5.41) is 12.9. The number of aliphatic hydroxyl groups is 1. The molecule has 1 rings (SSSR count). The zero-order valence-corrected chi connectivity index (χ0v) is 13.1. The minimum Gasteiger partial charge on any atom is -0.387 e. The van der Waals surface area contributed by atoms with Crippen LogP contribution in [-0.4, -0.2) is 48.7 Å². The number of benzene rings is 1. The summed E-state index contributed by atoms with van der Waals surface area (Å²) in [6.07, 6.45) is 2.50. The lowest BCUT2D eigenvalue weighted by Crippen LogP contribution is -2.46. The van der Waals surface area contributed by atoms with E-state index in [2.05, 4.69) is 5.32 Å². The van der Waals surface area contributed by atoms with Gasteiger partial charge in [-0.1, -0.05) is 17.7 Å². The molecule has 0 aromatic heterocycles. The van der Waals surface area contributed by atoms with Crippen LogP contribution in [0, 0.1) is 5.82 Å². The summed E-state index contributed by atoms with van der Waals surface area (Å²) in [7, 11) is 3.66. The number of carbonyl (C=O) groups excluding carboxylic acids is 1. The average molecular weight is 315 g/mol. The third-order valence-corrected chi connectivity index (χ3v) is 3.03. The molecule has 1 unspecified atom stereocenters. The van der Waals surface area contributed by atoms with Crippen LogP contribution in [0.1, 0.15) is 12.5 Å². The monoisotopic (exact) mass is 314 g/mol. The summed E-state index contributed by atoms with van der Waals surface area (Å²) >= 11 is 5.85. The van der Waals surface area contributed by atoms with Crippen LogP contribution in [0.3, 0.4) is 0 Å². The van der Waals surface area contributed by atoms with Crippen molar-refractivity contribution >= 4 is 23.6 Å². The zero-order valence-electron chi connectivity index (χ0n) is 12.4. The Morgan fingerprint density at radius 1 is 1.52 bits per heavy atom. The molecule has 0 radical (unpaired) electrons. The summed E-state index contributed by atoms with van der Waals surface area (Å²) in [5.74, 6) is -0.917. The second-order valence-corrected chi connectivity index (χ2v) is 5.83. The molecule has 21 heavy (non-hydrogen) atoms. The van der Waals surface area contributed by atoms with E-state index in [-0.39, 0.29) is 17.1 Å². The summed E-state index contributed by atoms with van der Waals surface area (Å²) in [5.41, 5.74) is -0.878. The SMILES string of the molecule is CN(C)CC(C)(O)CNC(=O)/C=C/c1c(F)cccc1Cl. The molecule has 6 heteroatoms. The van der Waals surface area contributed by atoms with Crippen molar-refractivity contribution in [2.75, 3.05) is 27.2 Å². The Morgan fingerprint density at radius 2 is 2.19 bits per heavy atom. The van der Waals surface area contributed by atoms with Gasteiger partial charge in [0.25, 0.3) is 0 Å². The second-order valence-electron chi connectivity index (χ2n) is 5.42. The predicted molar refractivity (Wildman–Crippen MR) is 82.6 cm³/mol. The first kappa shape index (κ1) is 17.6. The van der Waals surface area contributed by atoms with Crippen LogP contribution in [0.15, 0.2) is 24.3 Å². The van der Waals surface area contributed by atoms with Crippen molar-refractivity contribution in [3.63, 3.8) is 0 Å². The minimum absolute atomic E-state index is 0.0966. The second kappa shape index (κ2) is 7.54. The fraction of sp³-hybridized carbons (Fsp3) is 0.400. The van der Waals surface area contributed by atoms with Gasteiger partial charge in [-0.15, -0.1) is 0 Å². The number of likely N-dealkylation sites (N-methyl/N-ethyl adjacent to an activating group) is 1. The molecule has 116 valence electrons. The zero-order chi connectivity index (χ0) is 16.0. The van der Waals surface area contributed by atoms with E-state index in [1.165, 1.54) is 24.3 Å². The molecule has 2 N–H and O–H groups in total. The van der Waals surface area contributed by atoms with Gasteiger partial charge in [0.15, 0.2) is 0 Å². The number of rotatable bonds is 6. The molecule has 1 aromatic carbocycles. The maximum atomic E-state index is 13.5. The first-order chi connectivity index (χ1) is 9.71. The highest BCUT2D eigenvalue weighted by Gasteiger charge is 2.21. The first-order valence-corrected chi connectivity index (χ1v) is 6.86. The van der Waals surface area contributed by atoms with Crippen LogP contribution in [0.5, 0.6) is 0 Å². The number of halogens is 2. The lowest BCUT2D eigenvalue weighted by atomic mass is 10.1. The highest BCUT2D eigenvalue weighted by atomic mass is 35.5. The van der Waals surface area contributed by atoms with Crippen molar-refractivity contribution in [1.29, 1.82) is 0 Å². The van der Waals surface area contributed by atoms with E-state index in [0.29, 0.717) is 6.54 Å². The van der Waals surface area contributed by atoms with Crippen molar-refractivity contribution in [3.05, 3.63) is 40.7 Å². The summed E-state index contributed by atoms with van der Waals surface area (Å²) < 4.78 is 13.5. The molecule has 1 aromatic rings. The maximum Gasteiger partial charge on any atom is 0.244 e. The Labute approximate surface area is 129 Å². The lowest BCUT2D eigenvalue weighted by Gasteiger charge is -2.26.